The lowest BCUT2D eigenvalue weighted by Gasteiger charge is -2.27. The van der Waals surface area contributed by atoms with E-state index in [2.05, 4.69) is 138 Å². The Bertz CT molecular complexity index is 1900. The fourth-order valence-electron chi connectivity index (χ4n) is 5.24. The summed E-state index contributed by atoms with van der Waals surface area (Å²) in [6.07, 6.45) is 0. The molecule has 0 N–H and O–H groups in total. The largest absolute Gasteiger partial charge is 0.310 e. The molecule has 0 amide bonds. The fraction of sp³-hybridized carbons (Fsp3) is 0. The van der Waals surface area contributed by atoms with Crippen molar-refractivity contribution in [3.63, 3.8) is 0 Å². The van der Waals surface area contributed by atoms with Crippen LogP contribution in [0.5, 0.6) is 0 Å². The van der Waals surface area contributed by atoms with Crippen LogP contribution in [0.15, 0.2) is 133 Å². The molecule has 3 heteroatoms. The second kappa shape index (κ2) is 9.08. The van der Waals surface area contributed by atoms with Gasteiger partial charge in [0.1, 0.15) is 0 Å². The van der Waals surface area contributed by atoms with E-state index in [9.17, 15) is 0 Å². The molecule has 0 aliphatic rings. The highest BCUT2D eigenvalue weighted by atomic mass is 35.5. The molecular formula is C34H22ClNS. The number of benzene rings is 6. The van der Waals surface area contributed by atoms with E-state index in [1.807, 2.05) is 11.3 Å². The van der Waals surface area contributed by atoms with Gasteiger partial charge in [-0.2, -0.15) is 0 Å². The van der Waals surface area contributed by atoms with Crippen molar-refractivity contribution in [3.8, 4) is 11.1 Å². The van der Waals surface area contributed by atoms with Crippen LogP contribution in [-0.4, -0.2) is 0 Å². The number of fused-ring (bicyclic) bond motifs is 4. The Balaban J connectivity index is 1.48. The molecule has 0 aliphatic carbocycles. The Morgan fingerprint density at radius 2 is 1.24 bits per heavy atom. The van der Waals surface area contributed by atoms with Gasteiger partial charge in [-0.15, -0.1) is 11.3 Å². The van der Waals surface area contributed by atoms with E-state index in [-0.39, 0.29) is 0 Å². The summed E-state index contributed by atoms with van der Waals surface area (Å²) in [5, 5.41) is 5.70. The van der Waals surface area contributed by atoms with Crippen molar-refractivity contribution in [2.24, 2.45) is 0 Å². The van der Waals surface area contributed by atoms with Gasteiger partial charge in [0.2, 0.25) is 0 Å². The minimum absolute atomic E-state index is 0.715. The molecular weight excluding hydrogens is 490 g/mol. The monoisotopic (exact) mass is 511 g/mol. The molecule has 6 aromatic carbocycles. The first-order valence-corrected chi connectivity index (χ1v) is 13.5. The van der Waals surface area contributed by atoms with E-state index < -0.39 is 0 Å². The van der Waals surface area contributed by atoms with E-state index in [0.717, 1.165) is 22.6 Å². The number of rotatable bonds is 4. The minimum atomic E-state index is 0.715. The van der Waals surface area contributed by atoms with E-state index in [0.29, 0.717) is 5.02 Å². The fourth-order valence-corrected chi connectivity index (χ4v) is 6.71. The van der Waals surface area contributed by atoms with Crippen LogP contribution in [0.2, 0.25) is 5.02 Å². The SMILES string of the molecule is Clc1cc(-c2cccc3c2sc2ccccc23)cc(N(c2ccccc2)c2cccc3ccccc23)c1. The van der Waals surface area contributed by atoms with Crippen molar-refractivity contribution in [2.45, 2.75) is 0 Å². The van der Waals surface area contributed by atoms with E-state index in [1.165, 1.54) is 36.5 Å². The maximum atomic E-state index is 6.84. The minimum Gasteiger partial charge on any atom is -0.310 e. The number of para-hydroxylation sites is 1. The number of anilines is 3. The molecule has 0 bridgehead atoms. The van der Waals surface area contributed by atoms with Gasteiger partial charge < -0.3 is 4.90 Å². The van der Waals surface area contributed by atoms with Gasteiger partial charge >= 0.3 is 0 Å². The Kier molecular flexibility index (Phi) is 5.43. The summed E-state index contributed by atoms with van der Waals surface area (Å²) in [7, 11) is 0. The zero-order chi connectivity index (χ0) is 24.8. The van der Waals surface area contributed by atoms with Crippen LogP contribution in [0, 0.1) is 0 Å². The number of hydrogen-bond acceptors (Lipinski definition) is 2. The molecule has 0 atom stereocenters. The lowest BCUT2D eigenvalue weighted by molar-refractivity contribution is 1.30. The van der Waals surface area contributed by atoms with Crippen molar-refractivity contribution in [1.29, 1.82) is 0 Å². The molecule has 1 heterocycles. The number of nitrogens with zero attached hydrogens (tertiary/aromatic N) is 1. The zero-order valence-corrected chi connectivity index (χ0v) is 21.5. The summed E-state index contributed by atoms with van der Waals surface area (Å²) in [5.74, 6) is 0. The summed E-state index contributed by atoms with van der Waals surface area (Å²) >= 11 is 8.68. The van der Waals surface area contributed by atoms with Gasteiger partial charge in [-0.1, -0.05) is 103 Å². The van der Waals surface area contributed by atoms with Crippen molar-refractivity contribution < 1.29 is 0 Å². The molecule has 0 aliphatic heterocycles. The molecule has 0 fully saturated rings. The Morgan fingerprint density at radius 1 is 0.541 bits per heavy atom. The summed E-state index contributed by atoms with van der Waals surface area (Å²) < 4.78 is 2.59. The van der Waals surface area contributed by atoms with Crippen LogP contribution < -0.4 is 4.90 Å². The maximum Gasteiger partial charge on any atom is 0.0540 e. The van der Waals surface area contributed by atoms with Gasteiger partial charge in [0.05, 0.1) is 5.69 Å². The highest BCUT2D eigenvalue weighted by molar-refractivity contribution is 7.26. The first kappa shape index (κ1) is 22.1. The normalized spacial score (nSPS) is 11.4. The maximum absolute atomic E-state index is 6.84. The van der Waals surface area contributed by atoms with Gasteiger partial charge in [-0.3, -0.25) is 0 Å². The first-order valence-electron chi connectivity index (χ1n) is 12.3. The van der Waals surface area contributed by atoms with Crippen LogP contribution in [0.3, 0.4) is 0 Å². The van der Waals surface area contributed by atoms with E-state index >= 15 is 0 Å². The van der Waals surface area contributed by atoms with Crippen LogP contribution in [0.4, 0.5) is 17.1 Å². The Labute approximate surface area is 224 Å². The average molecular weight is 512 g/mol. The number of thiophene rings is 1. The standard InChI is InChI=1S/C34H22ClNS/c35-25-20-24(29-16-9-17-31-30-15-6-7-19-33(30)37-34(29)31)21-27(22-25)36(26-12-2-1-3-13-26)32-18-8-11-23-10-4-5-14-28(23)32/h1-22H. The molecule has 0 radical (unpaired) electrons. The van der Waals surface area contributed by atoms with Crippen LogP contribution >= 0.6 is 22.9 Å². The second-order valence-corrected chi connectivity index (χ2v) is 10.6. The molecule has 0 saturated heterocycles. The summed E-state index contributed by atoms with van der Waals surface area (Å²) in [6, 6.07) is 47.1. The smallest absolute Gasteiger partial charge is 0.0540 e. The van der Waals surface area contributed by atoms with E-state index in [4.69, 9.17) is 11.6 Å². The predicted octanol–water partition coefficient (Wildman–Crippen LogP) is 11.0. The zero-order valence-electron chi connectivity index (χ0n) is 19.9. The third kappa shape index (κ3) is 3.86. The van der Waals surface area contributed by atoms with E-state index in [1.54, 1.807) is 0 Å². The third-order valence-corrected chi connectivity index (χ3v) is 8.32. The second-order valence-electron chi connectivity index (χ2n) is 9.15. The quantitative estimate of drug-likeness (QED) is 0.227. The summed E-state index contributed by atoms with van der Waals surface area (Å²) in [6.45, 7) is 0. The lowest BCUT2D eigenvalue weighted by atomic mass is 10.0. The lowest BCUT2D eigenvalue weighted by Crippen LogP contribution is -2.10. The van der Waals surface area contributed by atoms with Crippen molar-refractivity contribution in [1.82, 2.24) is 0 Å². The predicted molar refractivity (Wildman–Crippen MR) is 162 cm³/mol. The molecule has 7 aromatic rings. The average Bonchev–Trinajstić information content (AvgIpc) is 3.33. The van der Waals surface area contributed by atoms with Gasteiger partial charge in [0, 0.05) is 42.0 Å². The van der Waals surface area contributed by atoms with Gasteiger partial charge in [0.25, 0.3) is 0 Å². The molecule has 0 saturated carbocycles. The topological polar surface area (TPSA) is 3.24 Å². The number of hydrogen-bond donors (Lipinski definition) is 0. The molecule has 1 aromatic heterocycles. The Hall–Kier alpha value is -4.11. The van der Waals surface area contributed by atoms with Crippen LogP contribution in [-0.2, 0) is 0 Å². The molecule has 176 valence electrons. The number of halogens is 1. The van der Waals surface area contributed by atoms with Crippen LogP contribution in [0.1, 0.15) is 0 Å². The van der Waals surface area contributed by atoms with Crippen LogP contribution in [0.25, 0.3) is 42.1 Å². The van der Waals surface area contributed by atoms with Crippen molar-refractivity contribution in [3.05, 3.63) is 138 Å². The van der Waals surface area contributed by atoms with Gasteiger partial charge in [-0.25, -0.2) is 0 Å². The van der Waals surface area contributed by atoms with Crippen molar-refractivity contribution >= 4 is 70.9 Å². The molecule has 0 unspecified atom stereocenters. The molecule has 0 spiro atoms. The highest BCUT2D eigenvalue weighted by Gasteiger charge is 2.18. The molecule has 1 nitrogen and oxygen atoms in total. The first-order chi connectivity index (χ1) is 18.3. The van der Waals surface area contributed by atoms with Crippen molar-refractivity contribution in [2.75, 3.05) is 4.90 Å². The molecule has 37 heavy (non-hydrogen) atoms. The summed E-state index contributed by atoms with van der Waals surface area (Å²) in [4.78, 5) is 2.31. The Morgan fingerprint density at radius 3 is 2.14 bits per heavy atom. The van der Waals surface area contributed by atoms with Gasteiger partial charge in [-0.05, 0) is 59.0 Å². The molecule has 7 rings (SSSR count). The highest BCUT2D eigenvalue weighted by Crippen LogP contribution is 2.44. The third-order valence-electron chi connectivity index (χ3n) is 6.88. The summed E-state index contributed by atoms with van der Waals surface area (Å²) in [5.41, 5.74) is 5.56. The van der Waals surface area contributed by atoms with Gasteiger partial charge in [0.15, 0.2) is 0 Å².